The van der Waals surface area contributed by atoms with Gasteiger partial charge in [-0.3, -0.25) is 9.10 Å². The number of benzene rings is 3. The van der Waals surface area contributed by atoms with Crippen LogP contribution in [0.15, 0.2) is 77.7 Å². The second-order valence-corrected chi connectivity index (χ2v) is 8.66. The number of carbonyl (C=O) groups excluding carboxylic acids is 1. The number of hydrogen-bond donors (Lipinski definition) is 1. The van der Waals surface area contributed by atoms with E-state index < -0.39 is 21.7 Å². The first-order chi connectivity index (χ1) is 13.9. The number of para-hydroxylation sites is 1. The van der Waals surface area contributed by atoms with Gasteiger partial charge in [0.25, 0.3) is 15.9 Å². The van der Waals surface area contributed by atoms with Crippen LogP contribution in [-0.2, 0) is 16.4 Å². The van der Waals surface area contributed by atoms with Gasteiger partial charge >= 0.3 is 0 Å². The number of fused-ring (bicyclic) bond motifs is 1. The molecule has 0 aromatic heterocycles. The smallest absolute Gasteiger partial charge is 0.264 e. The van der Waals surface area contributed by atoms with Crippen molar-refractivity contribution in [3.05, 3.63) is 89.7 Å². The molecule has 0 aliphatic carbocycles. The first-order valence-corrected chi connectivity index (χ1v) is 10.7. The van der Waals surface area contributed by atoms with Crippen LogP contribution in [0.4, 0.5) is 15.8 Å². The minimum absolute atomic E-state index is 0.161. The monoisotopic (exact) mass is 410 g/mol. The van der Waals surface area contributed by atoms with E-state index in [0.29, 0.717) is 23.5 Å². The van der Waals surface area contributed by atoms with Crippen molar-refractivity contribution in [3.8, 4) is 0 Å². The Labute approximate surface area is 168 Å². The van der Waals surface area contributed by atoms with Crippen molar-refractivity contribution < 1.29 is 17.6 Å². The molecule has 5 nitrogen and oxygen atoms in total. The van der Waals surface area contributed by atoms with Crippen LogP contribution in [0.5, 0.6) is 0 Å². The topological polar surface area (TPSA) is 66.5 Å². The number of sulfonamides is 1. The first-order valence-electron chi connectivity index (χ1n) is 9.23. The highest BCUT2D eigenvalue weighted by Gasteiger charge is 2.28. The van der Waals surface area contributed by atoms with Gasteiger partial charge in [0.15, 0.2) is 0 Å². The Balaban J connectivity index is 1.55. The van der Waals surface area contributed by atoms with Gasteiger partial charge in [-0.15, -0.1) is 0 Å². The third kappa shape index (κ3) is 3.86. The summed E-state index contributed by atoms with van der Waals surface area (Å²) in [6.07, 6.45) is 1.62. The molecule has 1 heterocycles. The number of aryl methyl sites for hydroxylation is 1. The van der Waals surface area contributed by atoms with Crippen LogP contribution in [0.25, 0.3) is 0 Å². The zero-order valence-electron chi connectivity index (χ0n) is 15.5. The molecule has 0 atom stereocenters. The minimum atomic E-state index is -3.70. The van der Waals surface area contributed by atoms with Crippen LogP contribution in [0.2, 0.25) is 0 Å². The summed E-state index contributed by atoms with van der Waals surface area (Å²) in [5, 5.41) is 2.68. The summed E-state index contributed by atoms with van der Waals surface area (Å²) >= 11 is 0. The Hall–Kier alpha value is -3.19. The maximum absolute atomic E-state index is 13.1. The van der Waals surface area contributed by atoms with Crippen LogP contribution < -0.4 is 9.62 Å². The molecule has 1 aliphatic rings. The molecule has 1 N–H and O–H groups in total. The molecule has 0 unspecified atom stereocenters. The van der Waals surface area contributed by atoms with Gasteiger partial charge < -0.3 is 5.32 Å². The van der Waals surface area contributed by atoms with E-state index >= 15 is 0 Å². The Morgan fingerprint density at radius 2 is 1.62 bits per heavy atom. The quantitative estimate of drug-likeness (QED) is 0.700. The van der Waals surface area contributed by atoms with Crippen molar-refractivity contribution in [2.75, 3.05) is 16.2 Å². The lowest BCUT2D eigenvalue weighted by molar-refractivity contribution is 0.102. The van der Waals surface area contributed by atoms with Gasteiger partial charge in [-0.05, 0) is 73.0 Å². The van der Waals surface area contributed by atoms with Crippen molar-refractivity contribution in [2.24, 2.45) is 0 Å². The van der Waals surface area contributed by atoms with Crippen LogP contribution in [0.3, 0.4) is 0 Å². The second kappa shape index (κ2) is 7.67. The summed E-state index contributed by atoms with van der Waals surface area (Å²) in [5.41, 5.74) is 2.50. The van der Waals surface area contributed by atoms with E-state index in [1.165, 1.54) is 40.7 Å². The zero-order valence-corrected chi connectivity index (χ0v) is 16.3. The molecule has 4 rings (SSSR count). The highest BCUT2D eigenvalue weighted by Crippen LogP contribution is 2.32. The van der Waals surface area contributed by atoms with Crippen molar-refractivity contribution in [1.82, 2.24) is 0 Å². The van der Waals surface area contributed by atoms with E-state index in [-0.39, 0.29) is 4.90 Å². The number of hydrogen-bond acceptors (Lipinski definition) is 3. The number of nitrogens with zero attached hydrogens (tertiary/aromatic N) is 1. The molecular formula is C22H19FN2O3S. The standard InChI is InChI=1S/C22H19FN2O3S/c23-18-9-7-17(8-10-18)22(26)24-19-11-13-20(14-12-19)29(27,28)25-15-3-5-16-4-1-2-6-21(16)25/h1-2,4,6-14H,3,5,15H2,(H,24,26). The van der Waals surface area contributed by atoms with E-state index in [9.17, 15) is 17.6 Å². The predicted octanol–water partition coefficient (Wildman–Crippen LogP) is 4.22. The normalized spacial score (nSPS) is 13.6. The first kappa shape index (κ1) is 19.1. The fourth-order valence-electron chi connectivity index (χ4n) is 3.39. The molecule has 0 radical (unpaired) electrons. The lowest BCUT2D eigenvalue weighted by atomic mass is 10.0. The number of rotatable bonds is 4. The van der Waals surface area contributed by atoms with Gasteiger partial charge in [0, 0.05) is 17.8 Å². The molecule has 0 bridgehead atoms. The highest BCUT2D eigenvalue weighted by molar-refractivity contribution is 7.92. The number of carbonyl (C=O) groups is 1. The molecule has 7 heteroatoms. The molecular weight excluding hydrogens is 391 g/mol. The van der Waals surface area contributed by atoms with Gasteiger partial charge in [0.2, 0.25) is 0 Å². The van der Waals surface area contributed by atoms with Crippen LogP contribution >= 0.6 is 0 Å². The van der Waals surface area contributed by atoms with Gasteiger partial charge in [-0.1, -0.05) is 18.2 Å². The largest absolute Gasteiger partial charge is 0.322 e. The molecule has 3 aromatic rings. The Morgan fingerprint density at radius 3 is 2.34 bits per heavy atom. The van der Waals surface area contributed by atoms with Crippen molar-refractivity contribution in [1.29, 1.82) is 0 Å². The fourth-order valence-corrected chi connectivity index (χ4v) is 4.93. The molecule has 3 aromatic carbocycles. The third-order valence-electron chi connectivity index (χ3n) is 4.87. The van der Waals surface area contributed by atoms with Gasteiger partial charge in [0.05, 0.1) is 10.6 Å². The molecule has 0 saturated heterocycles. The number of anilines is 2. The number of nitrogens with one attached hydrogen (secondary N) is 1. The van der Waals surface area contributed by atoms with Crippen molar-refractivity contribution >= 4 is 27.3 Å². The molecule has 1 aliphatic heterocycles. The molecule has 0 saturated carbocycles. The molecule has 1 amide bonds. The van der Waals surface area contributed by atoms with Crippen LogP contribution in [-0.4, -0.2) is 20.9 Å². The second-order valence-electron chi connectivity index (χ2n) is 6.79. The summed E-state index contributed by atoms with van der Waals surface area (Å²) in [6.45, 7) is 0.433. The molecule has 0 fully saturated rings. The lowest BCUT2D eigenvalue weighted by Gasteiger charge is -2.30. The third-order valence-corrected chi connectivity index (χ3v) is 6.70. The fraction of sp³-hybridized carbons (Fsp3) is 0.136. The van der Waals surface area contributed by atoms with Crippen LogP contribution in [0.1, 0.15) is 22.3 Å². The Morgan fingerprint density at radius 1 is 0.931 bits per heavy atom. The predicted molar refractivity (Wildman–Crippen MR) is 110 cm³/mol. The van der Waals surface area contributed by atoms with E-state index in [1.807, 2.05) is 24.3 Å². The number of halogens is 1. The van der Waals surface area contributed by atoms with E-state index in [1.54, 1.807) is 12.1 Å². The highest BCUT2D eigenvalue weighted by atomic mass is 32.2. The van der Waals surface area contributed by atoms with E-state index in [2.05, 4.69) is 5.32 Å². The zero-order chi connectivity index (χ0) is 20.4. The number of amides is 1. The maximum atomic E-state index is 13.1. The summed E-state index contributed by atoms with van der Waals surface area (Å²) in [4.78, 5) is 12.4. The summed E-state index contributed by atoms with van der Waals surface area (Å²) in [5.74, 6) is -0.819. The average molecular weight is 410 g/mol. The molecule has 29 heavy (non-hydrogen) atoms. The van der Waals surface area contributed by atoms with Gasteiger partial charge in [0.1, 0.15) is 5.82 Å². The lowest BCUT2D eigenvalue weighted by Crippen LogP contribution is -2.35. The average Bonchev–Trinajstić information content (AvgIpc) is 2.74. The van der Waals surface area contributed by atoms with Gasteiger partial charge in [-0.2, -0.15) is 0 Å². The summed E-state index contributed by atoms with van der Waals surface area (Å²) < 4.78 is 40.7. The molecule has 0 spiro atoms. The minimum Gasteiger partial charge on any atom is -0.322 e. The summed E-state index contributed by atoms with van der Waals surface area (Å²) in [7, 11) is -3.70. The van der Waals surface area contributed by atoms with E-state index in [4.69, 9.17) is 0 Å². The van der Waals surface area contributed by atoms with E-state index in [0.717, 1.165) is 18.4 Å². The maximum Gasteiger partial charge on any atom is 0.264 e. The van der Waals surface area contributed by atoms with Crippen molar-refractivity contribution in [2.45, 2.75) is 17.7 Å². The Bertz CT molecular complexity index is 1140. The van der Waals surface area contributed by atoms with Gasteiger partial charge in [-0.25, -0.2) is 12.8 Å². The Kier molecular flexibility index (Phi) is 5.07. The summed E-state index contributed by atoms with van der Waals surface area (Å²) in [6, 6.07) is 18.8. The SMILES string of the molecule is O=C(Nc1ccc(S(=O)(=O)N2CCCc3ccccc32)cc1)c1ccc(F)cc1. The van der Waals surface area contributed by atoms with Crippen molar-refractivity contribution in [3.63, 3.8) is 0 Å². The van der Waals surface area contributed by atoms with Crippen LogP contribution in [0, 0.1) is 5.82 Å². The molecule has 148 valence electrons.